The molecule has 3 heteroatoms. The van der Waals surface area contributed by atoms with Gasteiger partial charge in [0.15, 0.2) is 0 Å². The Balaban J connectivity index is 3.19. The van der Waals surface area contributed by atoms with Crippen molar-refractivity contribution in [3.63, 3.8) is 0 Å². The molecular formula is C8H12ClNS. The SMILES string of the molecule is Cc1sc(C(C)N)c(C)c1Cl. The maximum Gasteiger partial charge on any atom is 0.0574 e. The van der Waals surface area contributed by atoms with Crippen molar-refractivity contribution in [2.75, 3.05) is 0 Å². The lowest BCUT2D eigenvalue weighted by Gasteiger charge is -2.01. The highest BCUT2D eigenvalue weighted by atomic mass is 35.5. The van der Waals surface area contributed by atoms with Crippen LogP contribution < -0.4 is 5.73 Å². The fourth-order valence-electron chi connectivity index (χ4n) is 1.09. The Bertz CT molecular complexity index is 265. The van der Waals surface area contributed by atoms with Gasteiger partial charge in [-0.3, -0.25) is 0 Å². The first-order valence-electron chi connectivity index (χ1n) is 3.55. The van der Waals surface area contributed by atoms with Crippen LogP contribution in [0.1, 0.15) is 28.3 Å². The molecular weight excluding hydrogens is 178 g/mol. The van der Waals surface area contributed by atoms with E-state index in [0.29, 0.717) is 0 Å². The highest BCUT2D eigenvalue weighted by Gasteiger charge is 2.12. The standard InChI is InChI=1S/C8H12ClNS/c1-4-7(9)6(3)11-8(4)5(2)10/h5H,10H2,1-3H3. The third kappa shape index (κ3) is 1.58. The van der Waals surface area contributed by atoms with Crippen LogP contribution in [-0.4, -0.2) is 0 Å². The predicted molar refractivity (Wildman–Crippen MR) is 51.4 cm³/mol. The summed E-state index contributed by atoms with van der Waals surface area (Å²) in [6.07, 6.45) is 0. The number of rotatable bonds is 1. The lowest BCUT2D eigenvalue weighted by atomic mass is 10.2. The van der Waals surface area contributed by atoms with Crippen LogP contribution in [0.3, 0.4) is 0 Å². The van der Waals surface area contributed by atoms with E-state index in [4.69, 9.17) is 17.3 Å². The molecule has 1 rings (SSSR count). The molecule has 1 atom stereocenters. The zero-order valence-corrected chi connectivity index (χ0v) is 8.51. The third-order valence-electron chi connectivity index (χ3n) is 1.68. The molecule has 0 amide bonds. The maximum absolute atomic E-state index is 6.00. The van der Waals surface area contributed by atoms with E-state index in [9.17, 15) is 0 Å². The van der Waals surface area contributed by atoms with Gasteiger partial charge >= 0.3 is 0 Å². The van der Waals surface area contributed by atoms with Crippen molar-refractivity contribution in [1.29, 1.82) is 0 Å². The van der Waals surface area contributed by atoms with Crippen molar-refractivity contribution in [2.45, 2.75) is 26.8 Å². The maximum atomic E-state index is 6.00. The van der Waals surface area contributed by atoms with Crippen LogP contribution in [-0.2, 0) is 0 Å². The van der Waals surface area contributed by atoms with E-state index in [0.717, 1.165) is 15.5 Å². The Morgan fingerprint density at radius 1 is 1.45 bits per heavy atom. The van der Waals surface area contributed by atoms with Crippen molar-refractivity contribution in [2.24, 2.45) is 5.73 Å². The summed E-state index contributed by atoms with van der Waals surface area (Å²) in [5, 5.41) is 0.877. The van der Waals surface area contributed by atoms with Crippen LogP contribution in [0, 0.1) is 13.8 Å². The molecule has 0 aliphatic carbocycles. The first kappa shape index (κ1) is 9.04. The minimum Gasteiger partial charge on any atom is -0.323 e. The fraction of sp³-hybridized carbons (Fsp3) is 0.500. The average Bonchev–Trinajstić information content (AvgIpc) is 2.17. The van der Waals surface area contributed by atoms with Gasteiger partial charge in [0, 0.05) is 15.8 Å². The molecule has 1 aromatic heterocycles. The molecule has 1 unspecified atom stereocenters. The van der Waals surface area contributed by atoms with Gasteiger partial charge in [0.05, 0.1) is 5.02 Å². The van der Waals surface area contributed by atoms with Crippen molar-refractivity contribution < 1.29 is 0 Å². The molecule has 2 N–H and O–H groups in total. The second kappa shape index (κ2) is 3.13. The summed E-state index contributed by atoms with van der Waals surface area (Å²) >= 11 is 7.69. The summed E-state index contributed by atoms with van der Waals surface area (Å²) in [5.41, 5.74) is 6.89. The second-order valence-electron chi connectivity index (χ2n) is 2.75. The lowest BCUT2D eigenvalue weighted by molar-refractivity contribution is 0.831. The molecule has 0 radical (unpaired) electrons. The third-order valence-corrected chi connectivity index (χ3v) is 3.77. The Morgan fingerprint density at radius 3 is 2.18 bits per heavy atom. The number of thiophene rings is 1. The molecule has 0 spiro atoms. The van der Waals surface area contributed by atoms with Gasteiger partial charge < -0.3 is 5.73 Å². The molecule has 1 heterocycles. The predicted octanol–water partition coefficient (Wildman–Crippen LogP) is 3.04. The molecule has 11 heavy (non-hydrogen) atoms. The molecule has 62 valence electrons. The smallest absolute Gasteiger partial charge is 0.0574 e. The Morgan fingerprint density at radius 2 is 2.00 bits per heavy atom. The number of nitrogens with two attached hydrogens (primary N) is 1. The normalized spacial score (nSPS) is 13.5. The molecule has 0 saturated carbocycles. The summed E-state index contributed by atoms with van der Waals surface area (Å²) in [4.78, 5) is 2.36. The van der Waals surface area contributed by atoms with Gasteiger partial charge in [-0.15, -0.1) is 11.3 Å². The lowest BCUT2D eigenvalue weighted by Crippen LogP contribution is -2.03. The van der Waals surface area contributed by atoms with E-state index >= 15 is 0 Å². The van der Waals surface area contributed by atoms with E-state index in [1.165, 1.54) is 4.88 Å². The second-order valence-corrected chi connectivity index (χ2v) is 4.38. The van der Waals surface area contributed by atoms with Crippen molar-refractivity contribution in [3.05, 3.63) is 20.3 Å². The van der Waals surface area contributed by atoms with Crippen molar-refractivity contribution in [3.8, 4) is 0 Å². The molecule has 0 aromatic carbocycles. The van der Waals surface area contributed by atoms with E-state index in [1.54, 1.807) is 11.3 Å². The Labute approximate surface area is 76.2 Å². The molecule has 1 nitrogen and oxygen atoms in total. The van der Waals surface area contributed by atoms with Crippen LogP contribution in [0.5, 0.6) is 0 Å². The minimum absolute atomic E-state index is 0.103. The van der Waals surface area contributed by atoms with Gasteiger partial charge in [0.1, 0.15) is 0 Å². The minimum atomic E-state index is 0.103. The van der Waals surface area contributed by atoms with E-state index < -0.39 is 0 Å². The van der Waals surface area contributed by atoms with Gasteiger partial charge in [-0.25, -0.2) is 0 Å². The quantitative estimate of drug-likeness (QED) is 0.722. The number of halogens is 1. The summed E-state index contributed by atoms with van der Waals surface area (Å²) in [5.74, 6) is 0. The van der Waals surface area contributed by atoms with Gasteiger partial charge in [0.25, 0.3) is 0 Å². The summed E-state index contributed by atoms with van der Waals surface area (Å²) < 4.78 is 0. The highest BCUT2D eigenvalue weighted by molar-refractivity contribution is 7.12. The summed E-state index contributed by atoms with van der Waals surface area (Å²) in [6, 6.07) is 0.103. The molecule has 0 aliphatic rings. The largest absolute Gasteiger partial charge is 0.323 e. The van der Waals surface area contributed by atoms with Crippen LogP contribution >= 0.6 is 22.9 Å². The number of hydrogen-bond acceptors (Lipinski definition) is 2. The van der Waals surface area contributed by atoms with Crippen LogP contribution in [0.25, 0.3) is 0 Å². The first-order chi connectivity index (χ1) is 5.04. The number of aryl methyl sites for hydroxylation is 1. The fourth-order valence-corrected chi connectivity index (χ4v) is 2.38. The van der Waals surface area contributed by atoms with Crippen molar-refractivity contribution in [1.82, 2.24) is 0 Å². The monoisotopic (exact) mass is 189 g/mol. The average molecular weight is 190 g/mol. The van der Waals surface area contributed by atoms with E-state index in [-0.39, 0.29) is 6.04 Å². The van der Waals surface area contributed by atoms with Gasteiger partial charge in [-0.2, -0.15) is 0 Å². The molecule has 0 aliphatic heterocycles. The van der Waals surface area contributed by atoms with Gasteiger partial charge in [-0.1, -0.05) is 11.6 Å². The Kier molecular flexibility index (Phi) is 2.58. The highest BCUT2D eigenvalue weighted by Crippen LogP contribution is 2.34. The summed E-state index contributed by atoms with van der Waals surface area (Å²) in [7, 11) is 0. The molecule has 0 fully saturated rings. The zero-order valence-electron chi connectivity index (χ0n) is 6.94. The number of hydrogen-bond donors (Lipinski definition) is 1. The van der Waals surface area contributed by atoms with Gasteiger partial charge in [0.2, 0.25) is 0 Å². The van der Waals surface area contributed by atoms with Crippen LogP contribution in [0.15, 0.2) is 0 Å². The molecule has 0 bridgehead atoms. The molecule has 1 aromatic rings. The topological polar surface area (TPSA) is 26.0 Å². The van der Waals surface area contributed by atoms with Crippen LogP contribution in [0.2, 0.25) is 5.02 Å². The van der Waals surface area contributed by atoms with Crippen LogP contribution in [0.4, 0.5) is 0 Å². The summed E-state index contributed by atoms with van der Waals surface area (Å²) in [6.45, 7) is 6.02. The van der Waals surface area contributed by atoms with Crippen molar-refractivity contribution >= 4 is 22.9 Å². The first-order valence-corrected chi connectivity index (χ1v) is 4.74. The van der Waals surface area contributed by atoms with Gasteiger partial charge in [-0.05, 0) is 26.3 Å². The Hall–Kier alpha value is -0.0500. The zero-order chi connectivity index (χ0) is 8.59. The van der Waals surface area contributed by atoms with E-state index in [2.05, 4.69) is 0 Å². The van der Waals surface area contributed by atoms with E-state index in [1.807, 2.05) is 20.8 Å². The molecule has 0 saturated heterocycles.